The molecule has 2 amide bonds. The number of carbonyl (C=O) groups is 2. The van der Waals surface area contributed by atoms with Crippen molar-refractivity contribution in [3.05, 3.63) is 64.7 Å². The minimum atomic E-state index is -3.75. The first-order valence-corrected chi connectivity index (χ1v) is 13.2. The van der Waals surface area contributed by atoms with E-state index in [-0.39, 0.29) is 12.5 Å². The first-order valence-electron chi connectivity index (χ1n) is 11.3. The molecule has 0 bridgehead atoms. The Kier molecular flexibility index (Phi) is 8.53. The summed E-state index contributed by atoms with van der Waals surface area (Å²) < 4.78 is 26.5. The zero-order valence-corrected chi connectivity index (χ0v) is 22.3. The lowest BCUT2D eigenvalue weighted by molar-refractivity contribution is -0.140. The molecule has 0 heterocycles. The van der Waals surface area contributed by atoms with Gasteiger partial charge in [0.1, 0.15) is 12.6 Å². The number of sulfonamides is 1. The van der Waals surface area contributed by atoms with Crippen molar-refractivity contribution in [3.63, 3.8) is 0 Å². The Morgan fingerprint density at radius 2 is 1.53 bits per heavy atom. The van der Waals surface area contributed by atoms with E-state index < -0.39 is 34.1 Å². The van der Waals surface area contributed by atoms with E-state index in [1.165, 1.54) is 4.90 Å². The molecule has 0 aliphatic heterocycles. The van der Waals surface area contributed by atoms with Gasteiger partial charge >= 0.3 is 0 Å². The summed E-state index contributed by atoms with van der Waals surface area (Å²) >= 11 is 0. The van der Waals surface area contributed by atoms with Gasteiger partial charge in [-0.3, -0.25) is 13.9 Å². The number of hydrogen-bond acceptors (Lipinski definition) is 4. The molecule has 0 saturated heterocycles. The van der Waals surface area contributed by atoms with Gasteiger partial charge in [-0.2, -0.15) is 0 Å². The molecule has 0 spiro atoms. The highest BCUT2D eigenvalue weighted by Crippen LogP contribution is 2.24. The number of nitrogens with zero attached hydrogens (tertiary/aromatic N) is 2. The van der Waals surface area contributed by atoms with Gasteiger partial charge in [-0.25, -0.2) is 8.42 Å². The van der Waals surface area contributed by atoms with E-state index in [0.29, 0.717) is 5.69 Å². The molecular formula is C26H37N3O4S. The van der Waals surface area contributed by atoms with Gasteiger partial charge in [-0.15, -0.1) is 0 Å². The monoisotopic (exact) mass is 487 g/mol. The lowest BCUT2D eigenvalue weighted by Crippen LogP contribution is -2.54. The molecule has 8 heteroatoms. The average Bonchev–Trinajstić information content (AvgIpc) is 2.69. The maximum atomic E-state index is 13.6. The first-order chi connectivity index (χ1) is 15.6. The fourth-order valence-corrected chi connectivity index (χ4v) is 4.53. The third-order valence-corrected chi connectivity index (χ3v) is 6.57. The number of aryl methyl sites for hydroxylation is 3. The normalized spacial score (nSPS) is 12.7. The predicted molar refractivity (Wildman–Crippen MR) is 137 cm³/mol. The molecule has 1 atom stereocenters. The molecule has 2 aromatic carbocycles. The van der Waals surface area contributed by atoms with Crippen molar-refractivity contribution in [3.8, 4) is 0 Å². The average molecular weight is 488 g/mol. The SMILES string of the molecule is Cc1ccc(CN(C(=O)CN(c2ccc(C)cc2C)S(C)(=O)=O)[C@@H](C)C(=O)NC(C)(C)C)cc1. The van der Waals surface area contributed by atoms with Gasteiger partial charge < -0.3 is 10.2 Å². The maximum absolute atomic E-state index is 13.6. The van der Waals surface area contributed by atoms with Crippen LogP contribution in [0.25, 0.3) is 0 Å². The second-order valence-corrected chi connectivity index (χ2v) is 11.9. The summed E-state index contributed by atoms with van der Waals surface area (Å²) in [6.45, 7) is 12.8. The molecule has 34 heavy (non-hydrogen) atoms. The number of hydrogen-bond donors (Lipinski definition) is 1. The van der Waals surface area contributed by atoms with Crippen LogP contribution in [0.5, 0.6) is 0 Å². The molecule has 0 aliphatic carbocycles. The van der Waals surface area contributed by atoms with Crippen molar-refractivity contribution in [2.75, 3.05) is 17.1 Å². The molecule has 7 nitrogen and oxygen atoms in total. The fourth-order valence-electron chi connectivity index (χ4n) is 3.63. The van der Waals surface area contributed by atoms with E-state index in [0.717, 1.165) is 32.8 Å². The minimum Gasteiger partial charge on any atom is -0.350 e. The van der Waals surface area contributed by atoms with Gasteiger partial charge in [0, 0.05) is 12.1 Å². The van der Waals surface area contributed by atoms with Crippen molar-refractivity contribution >= 4 is 27.5 Å². The third kappa shape index (κ3) is 7.58. The highest BCUT2D eigenvalue weighted by atomic mass is 32.2. The van der Waals surface area contributed by atoms with Crippen LogP contribution in [0.3, 0.4) is 0 Å². The van der Waals surface area contributed by atoms with Gasteiger partial charge in [0.2, 0.25) is 21.8 Å². The van der Waals surface area contributed by atoms with Crippen LogP contribution in [-0.4, -0.2) is 49.5 Å². The highest BCUT2D eigenvalue weighted by molar-refractivity contribution is 7.92. The lowest BCUT2D eigenvalue weighted by atomic mass is 10.1. The van der Waals surface area contributed by atoms with Gasteiger partial charge in [0.05, 0.1) is 11.9 Å². The lowest BCUT2D eigenvalue weighted by Gasteiger charge is -2.33. The summed E-state index contributed by atoms with van der Waals surface area (Å²) in [5.41, 5.74) is 3.66. The second-order valence-electron chi connectivity index (χ2n) is 9.98. The van der Waals surface area contributed by atoms with E-state index >= 15 is 0 Å². The molecule has 0 saturated carbocycles. The number of nitrogens with one attached hydrogen (secondary N) is 1. The van der Waals surface area contributed by atoms with E-state index in [1.807, 2.05) is 77.9 Å². The van der Waals surface area contributed by atoms with Crippen LogP contribution in [0.4, 0.5) is 5.69 Å². The zero-order chi connectivity index (χ0) is 25.8. The Balaban J connectivity index is 2.43. The molecule has 0 radical (unpaired) electrons. The quantitative estimate of drug-likeness (QED) is 0.615. The molecule has 186 valence electrons. The van der Waals surface area contributed by atoms with Crippen LogP contribution in [-0.2, 0) is 26.2 Å². The van der Waals surface area contributed by atoms with Crippen LogP contribution >= 0.6 is 0 Å². The molecular weight excluding hydrogens is 450 g/mol. The topological polar surface area (TPSA) is 86.8 Å². The van der Waals surface area contributed by atoms with E-state index in [4.69, 9.17) is 0 Å². The molecule has 2 rings (SSSR count). The van der Waals surface area contributed by atoms with Crippen LogP contribution in [0.15, 0.2) is 42.5 Å². The fraction of sp³-hybridized carbons (Fsp3) is 0.462. The second kappa shape index (κ2) is 10.6. The molecule has 0 aliphatic rings. The molecule has 1 N–H and O–H groups in total. The van der Waals surface area contributed by atoms with Gasteiger partial charge in [-0.1, -0.05) is 47.5 Å². The molecule has 0 fully saturated rings. The Morgan fingerprint density at radius 3 is 2.03 bits per heavy atom. The summed E-state index contributed by atoms with van der Waals surface area (Å²) in [4.78, 5) is 28.0. The van der Waals surface area contributed by atoms with E-state index in [2.05, 4.69) is 5.32 Å². The highest BCUT2D eigenvalue weighted by Gasteiger charge is 2.31. The number of anilines is 1. The van der Waals surface area contributed by atoms with Crippen LogP contribution < -0.4 is 9.62 Å². The van der Waals surface area contributed by atoms with E-state index in [9.17, 15) is 18.0 Å². The number of amides is 2. The van der Waals surface area contributed by atoms with E-state index in [1.54, 1.807) is 13.0 Å². The third-order valence-electron chi connectivity index (χ3n) is 5.44. The number of carbonyl (C=O) groups excluding carboxylic acids is 2. The van der Waals surface area contributed by atoms with Crippen LogP contribution in [0.2, 0.25) is 0 Å². The standard InChI is InChI=1S/C26H37N3O4S/c1-18-9-12-22(13-10-18)16-28(21(4)25(31)27-26(5,6)7)24(30)17-29(34(8,32)33)23-14-11-19(2)15-20(23)3/h9-15,21H,16-17H2,1-8H3,(H,27,31)/t21-/m0/s1. The Morgan fingerprint density at radius 1 is 0.971 bits per heavy atom. The maximum Gasteiger partial charge on any atom is 0.244 e. The summed E-state index contributed by atoms with van der Waals surface area (Å²) in [5, 5.41) is 2.92. The largest absolute Gasteiger partial charge is 0.350 e. The number of benzene rings is 2. The Bertz CT molecular complexity index is 1140. The van der Waals surface area contributed by atoms with Crippen molar-refractivity contribution in [2.45, 2.75) is 66.6 Å². The molecule has 0 aromatic heterocycles. The summed E-state index contributed by atoms with van der Waals surface area (Å²) in [6, 6.07) is 12.3. The zero-order valence-electron chi connectivity index (χ0n) is 21.5. The Labute approximate surface area is 204 Å². The summed E-state index contributed by atoms with van der Waals surface area (Å²) in [6.07, 6.45) is 1.08. The van der Waals surface area contributed by atoms with Crippen molar-refractivity contribution in [1.82, 2.24) is 10.2 Å². The summed E-state index contributed by atoms with van der Waals surface area (Å²) in [7, 11) is -3.75. The van der Waals surface area contributed by atoms with Crippen molar-refractivity contribution in [1.29, 1.82) is 0 Å². The van der Waals surface area contributed by atoms with Crippen molar-refractivity contribution < 1.29 is 18.0 Å². The number of rotatable bonds is 8. The first kappa shape index (κ1) is 27.4. The Hall–Kier alpha value is -2.87. The molecule has 2 aromatic rings. The predicted octanol–water partition coefficient (Wildman–Crippen LogP) is 3.71. The van der Waals surface area contributed by atoms with Crippen molar-refractivity contribution in [2.24, 2.45) is 0 Å². The van der Waals surface area contributed by atoms with Gasteiger partial charge in [0.25, 0.3) is 0 Å². The summed E-state index contributed by atoms with van der Waals surface area (Å²) in [5.74, 6) is -0.757. The van der Waals surface area contributed by atoms with Gasteiger partial charge in [-0.05, 0) is 65.7 Å². The van der Waals surface area contributed by atoms with Gasteiger partial charge in [0.15, 0.2) is 0 Å². The van der Waals surface area contributed by atoms with Crippen LogP contribution in [0.1, 0.15) is 49.9 Å². The smallest absolute Gasteiger partial charge is 0.244 e. The molecule has 0 unspecified atom stereocenters. The van der Waals surface area contributed by atoms with Crippen LogP contribution in [0, 0.1) is 20.8 Å². The minimum absolute atomic E-state index is 0.183.